The summed E-state index contributed by atoms with van der Waals surface area (Å²) < 4.78 is 36.3. The van der Waals surface area contributed by atoms with Crippen LogP contribution in [0.2, 0.25) is 0 Å². The number of esters is 1. The number of aromatic nitrogens is 2. The fraction of sp³-hybridized carbons (Fsp3) is 0.333. The number of rotatable bonds is 5. The molecule has 3 N–H and O–H groups in total. The predicted octanol–water partition coefficient (Wildman–Crippen LogP) is -0.122. The molecule has 0 spiro atoms. The third-order valence-corrected chi connectivity index (χ3v) is 4.73. The molecule has 0 bridgehead atoms. The molecule has 3 heterocycles. The molecule has 0 unspecified atom stereocenters. The number of nitrogens with two attached hydrogens (primary N) is 1. The molecule has 2 aliphatic heterocycles. The number of hydrogen-bond acceptors (Lipinski definition) is 9. The van der Waals surface area contributed by atoms with Gasteiger partial charge in [-0.05, 0) is 5.56 Å². The lowest BCUT2D eigenvalue weighted by Gasteiger charge is -2.24. The number of carbonyl (C=O) groups is 2. The minimum atomic E-state index is -2.82. The topological polar surface area (TPSA) is 152 Å². The molecule has 2 saturated heterocycles. The van der Waals surface area contributed by atoms with Crippen LogP contribution in [0.25, 0.3) is 0 Å². The van der Waals surface area contributed by atoms with E-state index >= 15 is 4.39 Å². The zero-order valence-corrected chi connectivity index (χ0v) is 15.2. The second-order valence-corrected chi connectivity index (χ2v) is 6.68. The first kappa shape index (κ1) is 19.8. The number of H-pyrrole nitrogens is 1. The second-order valence-electron chi connectivity index (χ2n) is 6.68. The molecule has 1 aromatic heterocycles. The molecule has 2 fully saturated rings. The summed E-state index contributed by atoms with van der Waals surface area (Å²) in [7, 11) is 0. The maximum Gasteiger partial charge on any atom is 0.509 e. The maximum atomic E-state index is 15.5. The molecule has 158 valence electrons. The summed E-state index contributed by atoms with van der Waals surface area (Å²) in [6.07, 6.45) is -4.55. The standard InChI is InChI=1S/C18H16FN3O8/c19-18(8-27-15(24)11(20)9-4-2-1-3-5-9)13-12(28-17(26)29-13)14(30-18)22-7-6-10(23)21-16(22)25/h1-7,11-14H,8,20H2,(H,21,23,25)/t11-,12+,13-,14+,18+/m0/s1. The molecule has 0 radical (unpaired) electrons. The highest BCUT2D eigenvalue weighted by molar-refractivity contribution is 5.77. The third-order valence-electron chi connectivity index (χ3n) is 4.73. The number of ether oxygens (including phenoxy) is 4. The normalized spacial score (nSPS) is 28.3. The molecule has 11 nitrogen and oxygen atoms in total. The molecule has 2 aromatic rings. The van der Waals surface area contributed by atoms with Crippen LogP contribution < -0.4 is 17.0 Å². The van der Waals surface area contributed by atoms with Crippen LogP contribution in [0.4, 0.5) is 9.18 Å². The van der Waals surface area contributed by atoms with Gasteiger partial charge in [-0.2, -0.15) is 0 Å². The van der Waals surface area contributed by atoms with Crippen molar-refractivity contribution in [2.24, 2.45) is 5.73 Å². The second kappa shape index (κ2) is 7.39. The van der Waals surface area contributed by atoms with Crippen LogP contribution in [-0.2, 0) is 23.7 Å². The number of nitrogens with one attached hydrogen (secondary N) is 1. The van der Waals surface area contributed by atoms with Gasteiger partial charge < -0.3 is 24.7 Å². The van der Waals surface area contributed by atoms with Crippen LogP contribution >= 0.6 is 0 Å². The van der Waals surface area contributed by atoms with E-state index in [-0.39, 0.29) is 0 Å². The largest absolute Gasteiger partial charge is 0.509 e. The van der Waals surface area contributed by atoms with Crippen molar-refractivity contribution in [3.05, 3.63) is 69.0 Å². The lowest BCUT2D eigenvalue weighted by atomic mass is 10.1. The molecule has 0 amide bonds. The summed E-state index contributed by atoms with van der Waals surface area (Å²) in [6, 6.07) is 8.12. The highest BCUT2D eigenvalue weighted by atomic mass is 19.2. The molecular formula is C18H16FN3O8. The summed E-state index contributed by atoms with van der Waals surface area (Å²) in [5, 5.41) is 0. The van der Waals surface area contributed by atoms with Crippen molar-refractivity contribution in [3.63, 3.8) is 0 Å². The highest BCUT2D eigenvalue weighted by Crippen LogP contribution is 2.44. The van der Waals surface area contributed by atoms with Crippen LogP contribution in [0.15, 0.2) is 52.2 Å². The Hall–Kier alpha value is -3.51. The van der Waals surface area contributed by atoms with Gasteiger partial charge in [0.05, 0.1) is 0 Å². The first-order chi connectivity index (χ1) is 14.3. The predicted molar refractivity (Wildman–Crippen MR) is 94.8 cm³/mol. The van der Waals surface area contributed by atoms with Gasteiger partial charge in [0.2, 0.25) is 6.10 Å². The van der Waals surface area contributed by atoms with Crippen LogP contribution in [0.3, 0.4) is 0 Å². The molecule has 1 aromatic carbocycles. The van der Waals surface area contributed by atoms with Gasteiger partial charge >= 0.3 is 17.8 Å². The summed E-state index contributed by atoms with van der Waals surface area (Å²) in [5.41, 5.74) is 4.68. The van der Waals surface area contributed by atoms with E-state index in [1.165, 1.54) is 0 Å². The van der Waals surface area contributed by atoms with E-state index in [0.29, 0.717) is 5.56 Å². The molecular weight excluding hydrogens is 405 g/mol. The van der Waals surface area contributed by atoms with Gasteiger partial charge in [0.15, 0.2) is 18.9 Å². The zero-order chi connectivity index (χ0) is 21.5. The number of halogens is 1. The Morgan fingerprint density at radius 2 is 1.97 bits per heavy atom. The summed E-state index contributed by atoms with van der Waals surface area (Å²) in [5.74, 6) is -3.75. The van der Waals surface area contributed by atoms with Crippen molar-refractivity contribution in [3.8, 4) is 0 Å². The molecule has 2 aliphatic rings. The molecule has 4 rings (SSSR count). The summed E-state index contributed by atoms with van der Waals surface area (Å²) in [6.45, 7) is -0.973. The summed E-state index contributed by atoms with van der Waals surface area (Å²) >= 11 is 0. The van der Waals surface area contributed by atoms with Crippen molar-refractivity contribution in [2.75, 3.05) is 6.61 Å². The summed E-state index contributed by atoms with van der Waals surface area (Å²) in [4.78, 5) is 49.1. The molecule has 0 aliphatic carbocycles. The van der Waals surface area contributed by atoms with Gasteiger partial charge in [-0.15, -0.1) is 0 Å². The number of nitrogens with zero attached hydrogens (tertiary/aromatic N) is 1. The van der Waals surface area contributed by atoms with Crippen molar-refractivity contribution >= 4 is 12.1 Å². The Morgan fingerprint density at radius 1 is 1.23 bits per heavy atom. The smallest absolute Gasteiger partial charge is 0.458 e. The first-order valence-corrected chi connectivity index (χ1v) is 8.81. The molecule has 12 heteroatoms. The number of carbonyl (C=O) groups excluding carboxylic acids is 2. The SMILES string of the molecule is N[C@H](C(=O)OC[C@@]1(F)O[C@@H](n2ccc(=O)[nH]c2=O)[C@@H]2OC(=O)O[C@@H]21)c1ccccc1. The number of alkyl halides is 1. The van der Waals surface area contributed by atoms with E-state index in [0.717, 1.165) is 16.8 Å². The van der Waals surface area contributed by atoms with Gasteiger partial charge in [-0.3, -0.25) is 14.3 Å². The van der Waals surface area contributed by atoms with Gasteiger partial charge in [-0.1, -0.05) is 30.3 Å². The minimum absolute atomic E-state index is 0.453. The van der Waals surface area contributed by atoms with Gasteiger partial charge in [0.25, 0.3) is 11.4 Å². The van der Waals surface area contributed by atoms with Crippen molar-refractivity contribution < 1.29 is 32.9 Å². The first-order valence-electron chi connectivity index (χ1n) is 8.81. The minimum Gasteiger partial charge on any atom is -0.458 e. The quantitative estimate of drug-likeness (QED) is 0.629. The van der Waals surface area contributed by atoms with Gasteiger partial charge in [-0.25, -0.2) is 18.8 Å². The van der Waals surface area contributed by atoms with Gasteiger partial charge in [0.1, 0.15) is 6.04 Å². The van der Waals surface area contributed by atoms with Crippen LogP contribution in [0, 0.1) is 0 Å². The third kappa shape index (κ3) is 3.46. The van der Waals surface area contributed by atoms with E-state index in [1.54, 1.807) is 30.3 Å². The fourth-order valence-corrected chi connectivity index (χ4v) is 3.26. The van der Waals surface area contributed by atoms with E-state index in [1.807, 2.05) is 4.98 Å². The maximum absolute atomic E-state index is 15.5. The van der Waals surface area contributed by atoms with E-state index in [2.05, 4.69) is 0 Å². The zero-order valence-electron chi connectivity index (χ0n) is 15.2. The Labute approximate surface area is 167 Å². The van der Waals surface area contributed by atoms with Crippen LogP contribution in [-0.4, -0.2) is 46.3 Å². The number of hydrogen-bond donors (Lipinski definition) is 2. The fourth-order valence-electron chi connectivity index (χ4n) is 3.26. The average molecular weight is 421 g/mol. The molecule has 5 atom stereocenters. The highest BCUT2D eigenvalue weighted by Gasteiger charge is 2.65. The lowest BCUT2D eigenvalue weighted by Crippen LogP contribution is -2.43. The number of fused-ring (bicyclic) bond motifs is 1. The van der Waals surface area contributed by atoms with Crippen molar-refractivity contribution in [2.45, 2.75) is 30.3 Å². The monoisotopic (exact) mass is 421 g/mol. The molecule has 0 saturated carbocycles. The van der Waals surface area contributed by atoms with E-state index in [4.69, 9.17) is 24.7 Å². The Kier molecular flexibility index (Phi) is 4.87. The van der Waals surface area contributed by atoms with Crippen molar-refractivity contribution in [1.29, 1.82) is 0 Å². The Bertz CT molecular complexity index is 1090. The Morgan fingerprint density at radius 3 is 2.67 bits per heavy atom. The van der Waals surface area contributed by atoms with Crippen molar-refractivity contribution in [1.82, 2.24) is 9.55 Å². The van der Waals surface area contributed by atoms with Gasteiger partial charge in [0, 0.05) is 12.3 Å². The van der Waals surface area contributed by atoms with E-state index < -0.39 is 60.3 Å². The average Bonchev–Trinajstić information content (AvgIpc) is 3.24. The Balaban J connectivity index is 1.54. The van der Waals surface area contributed by atoms with Crippen LogP contribution in [0.1, 0.15) is 17.8 Å². The van der Waals surface area contributed by atoms with Crippen LogP contribution in [0.5, 0.6) is 0 Å². The number of aromatic amines is 1. The molecule has 30 heavy (non-hydrogen) atoms. The lowest BCUT2D eigenvalue weighted by molar-refractivity contribution is -0.220. The van der Waals surface area contributed by atoms with E-state index in [9.17, 15) is 19.2 Å². The number of benzene rings is 1.